The van der Waals surface area contributed by atoms with Crippen molar-refractivity contribution < 1.29 is 0 Å². The minimum absolute atomic E-state index is 1.15. The van der Waals surface area contributed by atoms with Gasteiger partial charge in [-0.2, -0.15) is 0 Å². The Morgan fingerprint density at radius 2 is 2.12 bits per heavy atom. The van der Waals surface area contributed by atoms with E-state index in [-0.39, 0.29) is 0 Å². The van der Waals surface area contributed by atoms with Gasteiger partial charge in [0.25, 0.3) is 0 Å². The molecule has 44 valence electrons. The summed E-state index contributed by atoms with van der Waals surface area (Å²) in [6.07, 6.45) is 0. The molecule has 0 aliphatic heterocycles. The van der Waals surface area contributed by atoms with Crippen molar-refractivity contribution in [2.75, 3.05) is 0 Å². The van der Waals surface area contributed by atoms with Gasteiger partial charge in [-0.05, 0) is 24.8 Å². The summed E-state index contributed by atoms with van der Waals surface area (Å²) >= 11 is 6.03. The Kier molecular flexibility index (Phi) is 1.63. The second-order valence-corrected chi connectivity index (χ2v) is 3.35. The van der Waals surface area contributed by atoms with Gasteiger partial charge in [0.15, 0.2) is 0 Å². The van der Waals surface area contributed by atoms with Gasteiger partial charge in [-0.1, -0.05) is 0 Å². The number of thiol groups is 1. The highest BCUT2D eigenvalue weighted by Crippen LogP contribution is 2.23. The molecule has 2 heteroatoms. The van der Waals surface area contributed by atoms with Gasteiger partial charge >= 0.3 is 0 Å². The summed E-state index contributed by atoms with van der Waals surface area (Å²) in [5.41, 5.74) is 1.29. The van der Waals surface area contributed by atoms with Crippen LogP contribution in [0.5, 0.6) is 0 Å². The molecule has 0 spiro atoms. The topological polar surface area (TPSA) is 0 Å². The van der Waals surface area contributed by atoms with Crippen LogP contribution in [0.15, 0.2) is 10.3 Å². The van der Waals surface area contributed by atoms with E-state index in [1.54, 1.807) is 11.3 Å². The Morgan fingerprint density at radius 3 is 2.25 bits per heavy atom. The molecule has 1 heterocycles. The number of hydrogen-bond acceptors (Lipinski definition) is 2. The van der Waals surface area contributed by atoms with Gasteiger partial charge in [0.05, 0.1) is 0 Å². The van der Waals surface area contributed by atoms with Gasteiger partial charge < -0.3 is 0 Å². The molecule has 0 radical (unpaired) electrons. The van der Waals surface area contributed by atoms with E-state index in [0.29, 0.717) is 0 Å². The van der Waals surface area contributed by atoms with Crippen LogP contribution >= 0.6 is 24.0 Å². The fourth-order valence-corrected chi connectivity index (χ4v) is 1.62. The van der Waals surface area contributed by atoms with E-state index in [4.69, 9.17) is 0 Å². The molecule has 0 atom stereocenters. The molecule has 0 saturated carbocycles. The maximum Gasteiger partial charge on any atom is 0.0206 e. The molecule has 0 bridgehead atoms. The quantitative estimate of drug-likeness (QED) is 0.532. The van der Waals surface area contributed by atoms with Gasteiger partial charge in [-0.15, -0.1) is 24.0 Å². The standard InChI is InChI=1S/C6H8S2/c1-4-3-8-5(2)6(4)7/h3,7H,1-2H3. The van der Waals surface area contributed by atoms with Crippen LogP contribution in [-0.4, -0.2) is 0 Å². The van der Waals surface area contributed by atoms with Crippen molar-refractivity contribution in [3.63, 3.8) is 0 Å². The van der Waals surface area contributed by atoms with Crippen LogP contribution in [0.3, 0.4) is 0 Å². The Labute approximate surface area is 59.0 Å². The molecule has 0 aliphatic carbocycles. The first-order chi connectivity index (χ1) is 3.72. The van der Waals surface area contributed by atoms with Crippen molar-refractivity contribution in [3.05, 3.63) is 15.8 Å². The van der Waals surface area contributed by atoms with Crippen LogP contribution in [0.1, 0.15) is 10.4 Å². The monoisotopic (exact) mass is 144 g/mol. The highest BCUT2D eigenvalue weighted by Gasteiger charge is 1.96. The van der Waals surface area contributed by atoms with E-state index in [1.807, 2.05) is 0 Å². The van der Waals surface area contributed by atoms with E-state index in [0.717, 1.165) is 4.90 Å². The molecule has 0 saturated heterocycles. The van der Waals surface area contributed by atoms with Gasteiger partial charge in [0.2, 0.25) is 0 Å². The average molecular weight is 144 g/mol. The summed E-state index contributed by atoms with van der Waals surface area (Å²) in [4.78, 5) is 2.46. The predicted molar refractivity (Wildman–Crippen MR) is 41.0 cm³/mol. The Hall–Kier alpha value is 0.0500. The third kappa shape index (κ3) is 0.906. The van der Waals surface area contributed by atoms with Gasteiger partial charge in [0.1, 0.15) is 0 Å². The van der Waals surface area contributed by atoms with Crippen LogP contribution in [0, 0.1) is 13.8 Å². The second-order valence-electron chi connectivity index (χ2n) is 1.82. The maximum absolute atomic E-state index is 4.27. The zero-order valence-electron chi connectivity index (χ0n) is 4.93. The summed E-state index contributed by atoms with van der Waals surface area (Å²) in [5.74, 6) is 0. The molecule has 0 amide bonds. The van der Waals surface area contributed by atoms with Crippen molar-refractivity contribution in [1.82, 2.24) is 0 Å². The van der Waals surface area contributed by atoms with Crippen molar-refractivity contribution in [3.8, 4) is 0 Å². The lowest BCUT2D eigenvalue weighted by Crippen LogP contribution is -1.64. The Bertz CT molecular complexity index is 169. The van der Waals surface area contributed by atoms with E-state index in [1.165, 1.54) is 10.4 Å². The van der Waals surface area contributed by atoms with Crippen LogP contribution in [-0.2, 0) is 0 Å². The lowest BCUT2D eigenvalue weighted by molar-refractivity contribution is 1.32. The highest BCUT2D eigenvalue weighted by atomic mass is 32.1. The van der Waals surface area contributed by atoms with Crippen molar-refractivity contribution in [2.45, 2.75) is 18.7 Å². The molecule has 0 N–H and O–H groups in total. The molecular formula is C6H8S2. The SMILES string of the molecule is Cc1csc(C)c1S. The third-order valence-corrected chi connectivity index (χ3v) is 2.99. The van der Waals surface area contributed by atoms with Crippen molar-refractivity contribution in [2.24, 2.45) is 0 Å². The fraction of sp³-hybridized carbons (Fsp3) is 0.333. The summed E-state index contributed by atoms with van der Waals surface area (Å²) in [6.45, 7) is 4.16. The lowest BCUT2D eigenvalue weighted by Gasteiger charge is -1.85. The summed E-state index contributed by atoms with van der Waals surface area (Å²) in [7, 11) is 0. The first kappa shape index (κ1) is 6.17. The fourth-order valence-electron chi connectivity index (χ4n) is 0.566. The minimum Gasteiger partial charge on any atom is -0.148 e. The maximum atomic E-state index is 4.27. The van der Waals surface area contributed by atoms with E-state index < -0.39 is 0 Å². The highest BCUT2D eigenvalue weighted by molar-refractivity contribution is 7.80. The third-order valence-electron chi connectivity index (χ3n) is 1.12. The number of aryl methyl sites for hydroxylation is 2. The van der Waals surface area contributed by atoms with E-state index in [2.05, 4.69) is 31.9 Å². The Balaban J connectivity index is 3.19. The van der Waals surface area contributed by atoms with Crippen LogP contribution in [0.2, 0.25) is 0 Å². The van der Waals surface area contributed by atoms with Gasteiger partial charge in [0, 0.05) is 9.77 Å². The summed E-state index contributed by atoms with van der Waals surface area (Å²) < 4.78 is 0. The molecule has 0 fully saturated rings. The number of rotatable bonds is 0. The van der Waals surface area contributed by atoms with Gasteiger partial charge in [-0.3, -0.25) is 0 Å². The molecule has 8 heavy (non-hydrogen) atoms. The second kappa shape index (κ2) is 2.11. The van der Waals surface area contributed by atoms with Crippen molar-refractivity contribution >= 4 is 24.0 Å². The molecular weight excluding hydrogens is 136 g/mol. The first-order valence-electron chi connectivity index (χ1n) is 2.45. The Morgan fingerprint density at radius 1 is 1.50 bits per heavy atom. The molecule has 0 aromatic carbocycles. The molecule has 0 nitrogen and oxygen atoms in total. The summed E-state index contributed by atoms with van der Waals surface area (Å²) in [6, 6.07) is 0. The lowest BCUT2D eigenvalue weighted by atomic mass is 10.3. The zero-order chi connectivity index (χ0) is 6.15. The molecule has 0 unspecified atom stereocenters. The van der Waals surface area contributed by atoms with Crippen LogP contribution < -0.4 is 0 Å². The average Bonchev–Trinajstić information content (AvgIpc) is 1.98. The smallest absolute Gasteiger partial charge is 0.0206 e. The summed E-state index contributed by atoms with van der Waals surface area (Å²) in [5, 5.41) is 2.12. The molecule has 1 aromatic rings. The normalized spacial score (nSPS) is 9.88. The van der Waals surface area contributed by atoms with E-state index in [9.17, 15) is 0 Å². The zero-order valence-corrected chi connectivity index (χ0v) is 6.64. The first-order valence-corrected chi connectivity index (χ1v) is 3.78. The molecule has 1 aromatic heterocycles. The molecule has 1 rings (SSSR count). The number of hydrogen-bond donors (Lipinski definition) is 1. The van der Waals surface area contributed by atoms with Crippen LogP contribution in [0.4, 0.5) is 0 Å². The predicted octanol–water partition coefficient (Wildman–Crippen LogP) is 2.65. The van der Waals surface area contributed by atoms with Crippen LogP contribution in [0.25, 0.3) is 0 Å². The van der Waals surface area contributed by atoms with Crippen molar-refractivity contribution in [1.29, 1.82) is 0 Å². The van der Waals surface area contributed by atoms with E-state index >= 15 is 0 Å². The molecule has 0 aliphatic rings. The van der Waals surface area contributed by atoms with Gasteiger partial charge in [-0.25, -0.2) is 0 Å². The minimum atomic E-state index is 1.15. The largest absolute Gasteiger partial charge is 0.148 e. The number of thiophene rings is 1.